The van der Waals surface area contributed by atoms with Crippen LogP contribution < -0.4 is 0 Å². The van der Waals surface area contributed by atoms with Gasteiger partial charge < -0.3 is 0 Å². The molecule has 0 aromatic rings. The molecular formula is C14H31F. The van der Waals surface area contributed by atoms with Gasteiger partial charge in [-0.1, -0.05) is 67.0 Å². The van der Waals surface area contributed by atoms with Crippen molar-refractivity contribution in [1.82, 2.24) is 0 Å². The molecule has 0 saturated heterocycles. The lowest BCUT2D eigenvalue weighted by Crippen LogP contribution is -1.69. The normalized spacial score (nSPS) is 8.20. The molecule has 0 radical (unpaired) electrons. The van der Waals surface area contributed by atoms with Crippen LogP contribution in [0.25, 0.3) is 0 Å². The molecule has 0 fully saturated rings. The van der Waals surface area contributed by atoms with Crippen LogP contribution in [0, 0.1) is 0 Å². The summed E-state index contributed by atoms with van der Waals surface area (Å²) in [6.45, 7) is 19.2. The Morgan fingerprint density at radius 3 is 1.40 bits per heavy atom. The summed E-state index contributed by atoms with van der Waals surface area (Å²) in [6.07, 6.45) is 3.52. The van der Waals surface area contributed by atoms with Crippen LogP contribution in [0.2, 0.25) is 0 Å². The monoisotopic (exact) mass is 218 g/mol. The Hall–Kier alpha value is -0.590. The lowest BCUT2D eigenvalue weighted by Gasteiger charge is -1.88. The number of rotatable bonds is 2. The molecule has 0 atom stereocenters. The Bertz CT molecular complexity index is 119. The summed E-state index contributed by atoms with van der Waals surface area (Å²) in [5.41, 5.74) is 0.838. The van der Waals surface area contributed by atoms with Crippen LogP contribution in [0.3, 0.4) is 0 Å². The van der Waals surface area contributed by atoms with E-state index in [1.807, 2.05) is 34.6 Å². The quantitative estimate of drug-likeness (QED) is 0.477. The van der Waals surface area contributed by atoms with E-state index in [9.17, 15) is 4.39 Å². The smallest absolute Gasteiger partial charge is 0.0971 e. The first kappa shape index (κ1) is 23.9. The van der Waals surface area contributed by atoms with E-state index in [4.69, 9.17) is 0 Å². The first-order valence-electron chi connectivity index (χ1n) is 6.09. The first-order chi connectivity index (χ1) is 7.08. The largest absolute Gasteiger partial charge is 0.212 e. The molecule has 1 heteroatoms. The van der Waals surface area contributed by atoms with Gasteiger partial charge in [0.1, 0.15) is 0 Å². The van der Waals surface area contributed by atoms with Crippen molar-refractivity contribution in [2.45, 2.75) is 68.2 Å². The van der Waals surface area contributed by atoms with E-state index >= 15 is 0 Å². The zero-order valence-electron chi connectivity index (χ0n) is 12.1. The van der Waals surface area contributed by atoms with E-state index < -0.39 is 0 Å². The summed E-state index contributed by atoms with van der Waals surface area (Å²) < 4.78 is 11.9. The molecule has 0 saturated carbocycles. The van der Waals surface area contributed by atoms with Gasteiger partial charge in [-0.25, -0.2) is 4.39 Å². The minimum Gasteiger partial charge on any atom is -0.212 e. The van der Waals surface area contributed by atoms with Gasteiger partial charge in [0.05, 0.1) is 5.83 Å². The van der Waals surface area contributed by atoms with Crippen molar-refractivity contribution >= 4 is 0 Å². The fraction of sp³-hybridized carbons (Fsp3) is 0.714. The zero-order chi connectivity index (χ0) is 13.3. The minimum absolute atomic E-state index is 0.170. The van der Waals surface area contributed by atoms with Crippen LogP contribution in [0.4, 0.5) is 4.39 Å². The van der Waals surface area contributed by atoms with E-state index in [1.165, 1.54) is 19.4 Å². The average molecular weight is 218 g/mol. The Kier molecular flexibility index (Phi) is 46.5. The number of halogens is 1. The highest BCUT2D eigenvalue weighted by Gasteiger charge is 1.83. The Labute approximate surface area is 97.3 Å². The molecule has 0 aliphatic rings. The van der Waals surface area contributed by atoms with Crippen LogP contribution in [-0.2, 0) is 0 Å². The van der Waals surface area contributed by atoms with Crippen LogP contribution >= 0.6 is 0 Å². The van der Waals surface area contributed by atoms with Gasteiger partial charge in [0.15, 0.2) is 0 Å². The Balaban J connectivity index is -0.0000000726. The summed E-state index contributed by atoms with van der Waals surface area (Å²) in [5.74, 6) is -0.170. The highest BCUT2D eigenvalue weighted by molar-refractivity contribution is 5.15. The van der Waals surface area contributed by atoms with Crippen LogP contribution in [-0.4, -0.2) is 0 Å². The molecule has 0 rings (SSSR count). The second-order valence-electron chi connectivity index (χ2n) is 2.45. The van der Waals surface area contributed by atoms with E-state index in [0.717, 1.165) is 12.0 Å². The summed E-state index contributed by atoms with van der Waals surface area (Å²) >= 11 is 0. The van der Waals surface area contributed by atoms with Gasteiger partial charge in [-0.3, -0.25) is 0 Å². The zero-order valence-corrected chi connectivity index (χ0v) is 12.1. The number of allylic oxidation sites excluding steroid dienone is 3. The molecule has 15 heavy (non-hydrogen) atoms. The molecule has 0 aromatic heterocycles. The molecule has 0 bridgehead atoms. The third-order valence-electron chi connectivity index (χ3n) is 0.857. The van der Waals surface area contributed by atoms with Crippen molar-refractivity contribution < 1.29 is 4.39 Å². The van der Waals surface area contributed by atoms with Crippen molar-refractivity contribution in [3.05, 3.63) is 24.1 Å². The average Bonchev–Trinajstić information content (AvgIpc) is 2.24. The lowest BCUT2D eigenvalue weighted by molar-refractivity contribution is 0.639. The molecular weight excluding hydrogens is 187 g/mol. The van der Waals surface area contributed by atoms with Crippen molar-refractivity contribution in [1.29, 1.82) is 0 Å². The van der Waals surface area contributed by atoms with Gasteiger partial charge >= 0.3 is 0 Å². The predicted octanol–water partition coefficient (Wildman–Crippen LogP) is 6.29. The van der Waals surface area contributed by atoms with Gasteiger partial charge in [0.25, 0.3) is 0 Å². The molecule has 0 heterocycles. The number of hydrogen-bond acceptors (Lipinski definition) is 0. The van der Waals surface area contributed by atoms with Crippen LogP contribution in [0.15, 0.2) is 24.1 Å². The van der Waals surface area contributed by atoms with Gasteiger partial charge in [-0.05, 0) is 19.4 Å². The van der Waals surface area contributed by atoms with Crippen LogP contribution in [0.1, 0.15) is 68.2 Å². The van der Waals surface area contributed by atoms with Crippen molar-refractivity contribution in [2.75, 3.05) is 0 Å². The molecule has 0 nitrogen and oxygen atoms in total. The molecule has 0 aliphatic carbocycles. The standard InChI is InChI=1S/C7H11F.C3H8.2C2H6/c1-4-6(2)5-7(3)8;1-3-2;2*1-2/h5H,2,4H2,1,3H3;3H2,1-2H3;2*1-2H3/b7-5+;;;. The van der Waals surface area contributed by atoms with Gasteiger partial charge in [0.2, 0.25) is 0 Å². The highest BCUT2D eigenvalue weighted by atomic mass is 19.1. The first-order valence-corrected chi connectivity index (χ1v) is 6.09. The maximum absolute atomic E-state index is 11.9. The fourth-order valence-electron chi connectivity index (χ4n) is 0.383. The lowest BCUT2D eigenvalue weighted by atomic mass is 10.2. The second kappa shape index (κ2) is 29.2. The van der Waals surface area contributed by atoms with E-state index in [2.05, 4.69) is 20.4 Å². The third kappa shape index (κ3) is 59.6. The molecule has 0 aliphatic heterocycles. The van der Waals surface area contributed by atoms with Crippen molar-refractivity contribution in [3.63, 3.8) is 0 Å². The van der Waals surface area contributed by atoms with Gasteiger partial charge in [-0.2, -0.15) is 0 Å². The SMILES string of the molecule is C=C(/C=C(\C)F)CC.CC.CC.CCC. The Morgan fingerprint density at radius 1 is 1.07 bits per heavy atom. The second-order valence-corrected chi connectivity index (χ2v) is 2.45. The summed E-state index contributed by atoms with van der Waals surface area (Å²) in [4.78, 5) is 0. The highest BCUT2D eigenvalue weighted by Crippen LogP contribution is 2.03. The van der Waals surface area contributed by atoms with Gasteiger partial charge in [0, 0.05) is 0 Å². The van der Waals surface area contributed by atoms with Gasteiger partial charge in [-0.15, -0.1) is 0 Å². The predicted molar refractivity (Wildman–Crippen MR) is 73.0 cm³/mol. The molecule has 0 amide bonds. The maximum atomic E-state index is 11.9. The number of hydrogen-bond donors (Lipinski definition) is 0. The topological polar surface area (TPSA) is 0 Å². The molecule has 0 aromatic carbocycles. The fourth-order valence-corrected chi connectivity index (χ4v) is 0.383. The van der Waals surface area contributed by atoms with E-state index in [0.29, 0.717) is 0 Å². The van der Waals surface area contributed by atoms with Crippen LogP contribution in [0.5, 0.6) is 0 Å². The molecule has 0 spiro atoms. The molecule has 0 N–H and O–H groups in total. The minimum atomic E-state index is -0.170. The molecule has 94 valence electrons. The van der Waals surface area contributed by atoms with E-state index in [1.54, 1.807) is 0 Å². The Morgan fingerprint density at radius 2 is 1.33 bits per heavy atom. The van der Waals surface area contributed by atoms with Crippen molar-refractivity contribution in [3.8, 4) is 0 Å². The summed E-state index contributed by atoms with van der Waals surface area (Å²) in [6, 6.07) is 0. The summed E-state index contributed by atoms with van der Waals surface area (Å²) in [5, 5.41) is 0. The summed E-state index contributed by atoms with van der Waals surface area (Å²) in [7, 11) is 0. The van der Waals surface area contributed by atoms with E-state index in [-0.39, 0.29) is 5.83 Å². The maximum Gasteiger partial charge on any atom is 0.0971 e. The van der Waals surface area contributed by atoms with Crippen molar-refractivity contribution in [2.24, 2.45) is 0 Å². The third-order valence-corrected chi connectivity index (χ3v) is 0.857. The molecule has 0 unspecified atom stereocenters.